The third-order valence-corrected chi connectivity index (χ3v) is 4.38. The van der Waals surface area contributed by atoms with E-state index in [2.05, 4.69) is 32.0 Å². The molecule has 0 saturated carbocycles. The molecule has 2 nitrogen and oxygen atoms in total. The van der Waals surface area contributed by atoms with E-state index in [9.17, 15) is 5.11 Å². The Labute approximate surface area is 125 Å². The summed E-state index contributed by atoms with van der Waals surface area (Å²) in [7, 11) is 1.68. The summed E-state index contributed by atoms with van der Waals surface area (Å²) >= 11 is 0. The lowest BCUT2D eigenvalue weighted by atomic mass is 9.89. The van der Waals surface area contributed by atoms with Crippen molar-refractivity contribution in [3.63, 3.8) is 0 Å². The predicted octanol–water partition coefficient (Wildman–Crippen LogP) is 4.84. The van der Waals surface area contributed by atoms with Crippen LogP contribution in [0.2, 0.25) is 0 Å². The molecule has 0 bridgehead atoms. The molecule has 0 spiro atoms. The number of hydrogen-bond acceptors (Lipinski definition) is 2. The fraction of sp³-hybridized carbons (Fsp3) is 0.263. The Balaban J connectivity index is 2.12. The lowest BCUT2D eigenvalue weighted by molar-refractivity contribution is 0.415. The quantitative estimate of drug-likeness (QED) is 0.871. The van der Waals surface area contributed by atoms with Gasteiger partial charge in [-0.15, -0.1) is 0 Å². The molecular formula is C19H20O2. The van der Waals surface area contributed by atoms with Crippen LogP contribution in [0.1, 0.15) is 42.9 Å². The van der Waals surface area contributed by atoms with Gasteiger partial charge in [-0.1, -0.05) is 25.1 Å². The monoisotopic (exact) mass is 280 g/mol. The van der Waals surface area contributed by atoms with Gasteiger partial charge in [-0.3, -0.25) is 0 Å². The molecular weight excluding hydrogens is 260 g/mol. The molecule has 1 N–H and O–H groups in total. The maximum atomic E-state index is 9.76. The summed E-state index contributed by atoms with van der Waals surface area (Å²) in [6, 6.07) is 14.0. The van der Waals surface area contributed by atoms with Gasteiger partial charge in [0.15, 0.2) is 0 Å². The summed E-state index contributed by atoms with van der Waals surface area (Å²) < 4.78 is 5.24. The lowest BCUT2D eigenvalue weighted by Crippen LogP contribution is -1.97. The van der Waals surface area contributed by atoms with Crippen molar-refractivity contribution in [3.05, 3.63) is 59.2 Å². The predicted molar refractivity (Wildman–Crippen MR) is 86.6 cm³/mol. The number of ether oxygens (including phenoxy) is 1. The number of hydrogen-bond donors (Lipinski definition) is 1. The van der Waals surface area contributed by atoms with E-state index in [0.717, 1.165) is 12.2 Å². The van der Waals surface area contributed by atoms with Crippen LogP contribution in [0, 0.1) is 0 Å². The minimum atomic E-state index is 0.332. The maximum absolute atomic E-state index is 9.76. The van der Waals surface area contributed by atoms with Crippen molar-refractivity contribution in [1.29, 1.82) is 0 Å². The van der Waals surface area contributed by atoms with E-state index >= 15 is 0 Å². The summed E-state index contributed by atoms with van der Waals surface area (Å²) in [5.41, 5.74) is 6.35. The Bertz CT molecular complexity index is 696. The molecule has 0 heterocycles. The highest BCUT2D eigenvalue weighted by atomic mass is 16.5. The molecule has 0 radical (unpaired) electrons. The van der Waals surface area contributed by atoms with Gasteiger partial charge in [0, 0.05) is 5.92 Å². The van der Waals surface area contributed by atoms with Gasteiger partial charge in [0.05, 0.1) is 7.11 Å². The molecule has 0 amide bonds. The standard InChI is InChI=1S/C19H20O2/c1-4-16-17-10-7-14(20)11-18(17)12(2)19(16)13-5-8-15(21-3)9-6-13/h5-11,16,20H,4H2,1-3H3/t16-/m0/s1. The fourth-order valence-corrected chi connectivity index (χ4v) is 3.35. The van der Waals surface area contributed by atoms with Crippen LogP contribution in [0.25, 0.3) is 11.1 Å². The number of benzene rings is 2. The molecule has 2 heteroatoms. The Hall–Kier alpha value is -2.22. The smallest absolute Gasteiger partial charge is 0.118 e. The summed E-state index contributed by atoms with van der Waals surface area (Å²) in [6.07, 6.45) is 1.05. The molecule has 0 unspecified atom stereocenters. The maximum Gasteiger partial charge on any atom is 0.118 e. The topological polar surface area (TPSA) is 29.5 Å². The molecule has 0 saturated heterocycles. The zero-order valence-electron chi connectivity index (χ0n) is 12.7. The zero-order valence-corrected chi connectivity index (χ0v) is 12.7. The molecule has 1 atom stereocenters. The van der Waals surface area contributed by atoms with Crippen molar-refractivity contribution in [2.24, 2.45) is 0 Å². The number of rotatable bonds is 3. The first kappa shape index (κ1) is 13.7. The second kappa shape index (κ2) is 5.28. The first-order chi connectivity index (χ1) is 10.2. The molecule has 108 valence electrons. The average Bonchev–Trinajstić information content (AvgIpc) is 2.79. The molecule has 21 heavy (non-hydrogen) atoms. The van der Waals surface area contributed by atoms with E-state index in [1.165, 1.54) is 27.8 Å². The molecule has 2 aromatic carbocycles. The first-order valence-corrected chi connectivity index (χ1v) is 7.34. The van der Waals surface area contributed by atoms with Gasteiger partial charge < -0.3 is 9.84 Å². The first-order valence-electron chi connectivity index (χ1n) is 7.34. The Kier molecular flexibility index (Phi) is 3.46. The minimum absolute atomic E-state index is 0.332. The fourth-order valence-electron chi connectivity index (χ4n) is 3.35. The number of methoxy groups -OCH3 is 1. The van der Waals surface area contributed by atoms with Gasteiger partial charge in [0.1, 0.15) is 11.5 Å². The van der Waals surface area contributed by atoms with E-state index in [1.54, 1.807) is 13.2 Å². The van der Waals surface area contributed by atoms with Crippen LogP contribution < -0.4 is 4.74 Å². The van der Waals surface area contributed by atoms with Crippen LogP contribution in [-0.2, 0) is 0 Å². The van der Waals surface area contributed by atoms with Crippen molar-refractivity contribution in [1.82, 2.24) is 0 Å². The van der Waals surface area contributed by atoms with E-state index in [-0.39, 0.29) is 0 Å². The molecule has 1 aliphatic carbocycles. The molecule has 1 aliphatic rings. The van der Waals surface area contributed by atoms with Crippen molar-refractivity contribution in [2.45, 2.75) is 26.2 Å². The Morgan fingerprint density at radius 3 is 2.43 bits per heavy atom. The van der Waals surface area contributed by atoms with E-state index in [1.807, 2.05) is 18.2 Å². The van der Waals surface area contributed by atoms with Crippen LogP contribution in [0.15, 0.2) is 42.5 Å². The molecule has 0 aliphatic heterocycles. The molecule has 2 aromatic rings. The van der Waals surface area contributed by atoms with Crippen LogP contribution in [-0.4, -0.2) is 12.2 Å². The van der Waals surface area contributed by atoms with Gasteiger partial charge in [0.2, 0.25) is 0 Å². The van der Waals surface area contributed by atoms with Gasteiger partial charge in [0.25, 0.3) is 0 Å². The largest absolute Gasteiger partial charge is 0.508 e. The van der Waals surface area contributed by atoms with Gasteiger partial charge in [-0.2, -0.15) is 0 Å². The van der Waals surface area contributed by atoms with Crippen molar-refractivity contribution < 1.29 is 9.84 Å². The molecule has 3 rings (SSSR count). The van der Waals surface area contributed by atoms with Gasteiger partial charge >= 0.3 is 0 Å². The number of aromatic hydroxyl groups is 1. The third-order valence-electron chi connectivity index (χ3n) is 4.38. The zero-order chi connectivity index (χ0) is 15.0. The highest BCUT2D eigenvalue weighted by Gasteiger charge is 2.29. The van der Waals surface area contributed by atoms with E-state index < -0.39 is 0 Å². The van der Waals surface area contributed by atoms with Crippen LogP contribution in [0.5, 0.6) is 11.5 Å². The lowest BCUT2D eigenvalue weighted by Gasteiger charge is -2.15. The van der Waals surface area contributed by atoms with Crippen LogP contribution in [0.4, 0.5) is 0 Å². The molecule has 0 aromatic heterocycles. The highest BCUT2D eigenvalue weighted by Crippen LogP contribution is 2.49. The van der Waals surface area contributed by atoms with Gasteiger partial charge in [-0.05, 0) is 65.4 Å². The summed E-state index contributed by atoms with van der Waals surface area (Å²) in [6.45, 7) is 4.36. The van der Waals surface area contributed by atoms with Crippen LogP contribution >= 0.6 is 0 Å². The van der Waals surface area contributed by atoms with E-state index in [4.69, 9.17) is 4.74 Å². The summed E-state index contributed by atoms with van der Waals surface area (Å²) in [4.78, 5) is 0. The normalized spacial score (nSPS) is 17.0. The highest BCUT2D eigenvalue weighted by molar-refractivity contribution is 5.98. The second-order valence-corrected chi connectivity index (χ2v) is 5.50. The van der Waals surface area contributed by atoms with Crippen molar-refractivity contribution >= 4 is 11.1 Å². The summed E-state index contributed by atoms with van der Waals surface area (Å²) in [5.74, 6) is 1.60. The number of phenolic OH excluding ortho intramolecular Hbond substituents is 1. The second-order valence-electron chi connectivity index (χ2n) is 5.50. The minimum Gasteiger partial charge on any atom is -0.508 e. The number of allylic oxidation sites excluding steroid dienone is 2. The van der Waals surface area contributed by atoms with Crippen molar-refractivity contribution in [3.8, 4) is 11.5 Å². The van der Waals surface area contributed by atoms with Gasteiger partial charge in [-0.25, -0.2) is 0 Å². The Morgan fingerprint density at radius 1 is 1.10 bits per heavy atom. The third kappa shape index (κ3) is 2.21. The average molecular weight is 280 g/mol. The van der Waals surface area contributed by atoms with Crippen LogP contribution in [0.3, 0.4) is 0 Å². The number of fused-ring (bicyclic) bond motifs is 1. The van der Waals surface area contributed by atoms with E-state index in [0.29, 0.717) is 11.7 Å². The van der Waals surface area contributed by atoms with Crippen molar-refractivity contribution in [2.75, 3.05) is 7.11 Å². The summed E-state index contributed by atoms with van der Waals surface area (Å²) in [5, 5.41) is 9.76. The number of phenols is 1. The SMILES string of the molecule is CC[C@@H]1C(c2ccc(OC)cc2)=C(C)c2cc(O)ccc21. The Morgan fingerprint density at radius 2 is 1.81 bits per heavy atom. The molecule has 0 fully saturated rings.